The largest absolute Gasteiger partial charge is 0.462 e. The molecule has 0 aliphatic carbocycles. The van der Waals surface area contributed by atoms with Crippen molar-refractivity contribution in [2.75, 3.05) is 6.61 Å². The summed E-state index contributed by atoms with van der Waals surface area (Å²) in [4.78, 5) is 12.3. The summed E-state index contributed by atoms with van der Waals surface area (Å²) in [5, 5.41) is 9.05. The van der Waals surface area contributed by atoms with Crippen molar-refractivity contribution >= 4 is 5.97 Å². The van der Waals surface area contributed by atoms with Crippen molar-refractivity contribution in [3.63, 3.8) is 0 Å². The molecule has 0 aliphatic rings. The maximum absolute atomic E-state index is 12.3. The van der Waals surface area contributed by atoms with Crippen LogP contribution < -0.4 is 0 Å². The van der Waals surface area contributed by atoms with E-state index in [2.05, 4.69) is 6.07 Å². The molecule has 0 unspecified atom stereocenters. The maximum atomic E-state index is 12.3. The van der Waals surface area contributed by atoms with Crippen LogP contribution in [0.4, 0.5) is 0 Å². The van der Waals surface area contributed by atoms with Gasteiger partial charge in [0.15, 0.2) is 0 Å². The molecule has 2 aromatic carbocycles. The molecule has 26 heavy (non-hydrogen) atoms. The van der Waals surface area contributed by atoms with E-state index in [1.54, 1.807) is 13.0 Å². The first-order valence-electron chi connectivity index (χ1n) is 8.58. The molecule has 0 saturated carbocycles. The summed E-state index contributed by atoms with van der Waals surface area (Å²) in [6, 6.07) is 19.7. The zero-order chi connectivity index (χ0) is 18.4. The van der Waals surface area contributed by atoms with E-state index in [9.17, 15) is 4.79 Å². The Bertz CT molecular complexity index is 936. The lowest BCUT2D eigenvalue weighted by Gasteiger charge is -2.03. The van der Waals surface area contributed by atoms with E-state index >= 15 is 0 Å². The van der Waals surface area contributed by atoms with Crippen LogP contribution in [0.25, 0.3) is 0 Å². The van der Waals surface area contributed by atoms with Gasteiger partial charge in [-0.1, -0.05) is 42.5 Å². The van der Waals surface area contributed by atoms with Crippen LogP contribution in [0.1, 0.15) is 39.5 Å². The van der Waals surface area contributed by atoms with Crippen molar-refractivity contribution in [2.24, 2.45) is 0 Å². The van der Waals surface area contributed by atoms with Gasteiger partial charge in [-0.15, -0.1) is 0 Å². The third-order valence-electron chi connectivity index (χ3n) is 4.12. The number of benzene rings is 2. The van der Waals surface area contributed by atoms with E-state index < -0.39 is 0 Å². The summed E-state index contributed by atoms with van der Waals surface area (Å²) in [6.45, 7) is 2.74. The molecule has 130 valence electrons. The van der Waals surface area contributed by atoms with Crippen LogP contribution in [0.5, 0.6) is 0 Å². The number of nitrogens with zero attached hydrogens (tertiary/aromatic N) is 2. The quantitative estimate of drug-likeness (QED) is 0.631. The monoisotopic (exact) mass is 344 g/mol. The molecule has 0 radical (unpaired) electrons. The minimum atomic E-state index is -0.303. The molecule has 3 rings (SSSR count). The number of ether oxygens (including phenoxy) is 1. The molecule has 0 spiro atoms. The summed E-state index contributed by atoms with van der Waals surface area (Å²) >= 11 is 0. The highest BCUT2D eigenvalue weighted by atomic mass is 16.5. The normalized spacial score (nSPS) is 10.3. The molecule has 0 amide bonds. The highest BCUT2D eigenvalue weighted by molar-refractivity contribution is 5.91. The second kappa shape index (κ2) is 8.17. The van der Waals surface area contributed by atoms with Gasteiger partial charge in [0.1, 0.15) is 0 Å². The Morgan fingerprint density at radius 1 is 1.08 bits per heavy atom. The molecule has 4 heteroatoms. The average molecular weight is 344 g/mol. The number of hydrogen-bond donors (Lipinski definition) is 0. The third kappa shape index (κ3) is 4.20. The van der Waals surface area contributed by atoms with E-state index in [0.29, 0.717) is 30.7 Å². The van der Waals surface area contributed by atoms with Gasteiger partial charge in [0.25, 0.3) is 0 Å². The van der Waals surface area contributed by atoms with E-state index in [0.717, 1.165) is 16.7 Å². The lowest BCUT2D eigenvalue weighted by molar-refractivity contribution is 0.0525. The van der Waals surface area contributed by atoms with Gasteiger partial charge in [-0.25, -0.2) is 4.79 Å². The van der Waals surface area contributed by atoms with Gasteiger partial charge in [-0.2, -0.15) is 5.26 Å². The fourth-order valence-corrected chi connectivity index (χ4v) is 2.95. The molecule has 4 nitrogen and oxygen atoms in total. The lowest BCUT2D eigenvalue weighted by Crippen LogP contribution is -2.06. The van der Waals surface area contributed by atoms with E-state index in [1.807, 2.05) is 65.5 Å². The maximum Gasteiger partial charge on any atom is 0.339 e. The van der Waals surface area contributed by atoms with Crippen molar-refractivity contribution in [2.45, 2.75) is 19.9 Å². The Morgan fingerprint density at radius 2 is 1.85 bits per heavy atom. The second-order valence-corrected chi connectivity index (χ2v) is 6.06. The number of carbonyl (C=O) groups is 1. The molecular formula is C22H20N2O2. The summed E-state index contributed by atoms with van der Waals surface area (Å²) in [5.74, 6) is -0.303. The first kappa shape index (κ1) is 17.5. The number of rotatable bonds is 6. The molecule has 0 fully saturated rings. The van der Waals surface area contributed by atoms with Crippen molar-refractivity contribution in [1.82, 2.24) is 4.57 Å². The Labute approximate surface area is 153 Å². The molecule has 0 N–H and O–H groups in total. The van der Waals surface area contributed by atoms with Crippen molar-refractivity contribution in [3.05, 3.63) is 94.8 Å². The van der Waals surface area contributed by atoms with Gasteiger partial charge in [0, 0.05) is 18.9 Å². The molecule has 0 atom stereocenters. The van der Waals surface area contributed by atoms with Crippen molar-refractivity contribution in [3.8, 4) is 6.07 Å². The Hall–Kier alpha value is -3.32. The fraction of sp³-hybridized carbons (Fsp3) is 0.182. The Kier molecular flexibility index (Phi) is 5.50. The predicted octanol–water partition coefficient (Wildman–Crippen LogP) is 4.18. The Morgan fingerprint density at radius 3 is 2.58 bits per heavy atom. The van der Waals surface area contributed by atoms with Crippen molar-refractivity contribution < 1.29 is 9.53 Å². The van der Waals surface area contributed by atoms with Crippen LogP contribution in [0.15, 0.2) is 67.0 Å². The standard InChI is InChI=1S/C22H20N2O2/c1-2-26-22(25)21-16-24(14-19-10-6-9-18(11-19)13-23)15-20(21)12-17-7-4-3-5-8-17/h3-11,15-16H,2,12,14H2,1H3. The van der Waals surface area contributed by atoms with Crippen LogP contribution in [0.3, 0.4) is 0 Å². The number of hydrogen-bond acceptors (Lipinski definition) is 3. The Balaban J connectivity index is 1.90. The van der Waals surface area contributed by atoms with E-state index in [1.165, 1.54) is 0 Å². The molecule has 0 aliphatic heterocycles. The van der Waals surface area contributed by atoms with Crippen molar-refractivity contribution in [1.29, 1.82) is 5.26 Å². The van der Waals surface area contributed by atoms with Crippen LogP contribution in [0.2, 0.25) is 0 Å². The second-order valence-electron chi connectivity index (χ2n) is 6.06. The van der Waals surface area contributed by atoms with Gasteiger partial charge >= 0.3 is 5.97 Å². The number of carbonyl (C=O) groups excluding carboxylic acids is 1. The van der Waals surface area contributed by atoms with Crippen LogP contribution in [-0.2, 0) is 17.7 Å². The minimum Gasteiger partial charge on any atom is -0.462 e. The average Bonchev–Trinajstić information content (AvgIpc) is 3.05. The van der Waals surface area contributed by atoms with Gasteiger partial charge in [0.2, 0.25) is 0 Å². The summed E-state index contributed by atoms with van der Waals surface area (Å²) in [5.41, 5.74) is 4.31. The van der Waals surface area contributed by atoms with Gasteiger partial charge < -0.3 is 9.30 Å². The van der Waals surface area contributed by atoms with Gasteiger partial charge in [-0.3, -0.25) is 0 Å². The van der Waals surface area contributed by atoms with E-state index in [-0.39, 0.29) is 5.97 Å². The zero-order valence-corrected chi connectivity index (χ0v) is 14.7. The first-order valence-corrected chi connectivity index (χ1v) is 8.58. The van der Waals surface area contributed by atoms with Crippen LogP contribution in [0, 0.1) is 11.3 Å². The summed E-state index contributed by atoms with van der Waals surface area (Å²) in [6.07, 6.45) is 4.48. The van der Waals surface area contributed by atoms with E-state index in [4.69, 9.17) is 10.00 Å². The molecule has 0 saturated heterocycles. The molecule has 1 heterocycles. The lowest BCUT2D eigenvalue weighted by atomic mass is 10.0. The predicted molar refractivity (Wildman–Crippen MR) is 99.9 cm³/mol. The SMILES string of the molecule is CCOC(=O)c1cn(Cc2cccc(C#N)c2)cc1Cc1ccccc1. The highest BCUT2D eigenvalue weighted by Gasteiger charge is 2.16. The van der Waals surface area contributed by atoms with Gasteiger partial charge in [0.05, 0.1) is 23.8 Å². The smallest absolute Gasteiger partial charge is 0.339 e. The molecule has 1 aromatic heterocycles. The number of esters is 1. The third-order valence-corrected chi connectivity index (χ3v) is 4.12. The van der Waals surface area contributed by atoms with Gasteiger partial charge in [-0.05, 0) is 42.2 Å². The fourth-order valence-electron chi connectivity index (χ4n) is 2.95. The highest BCUT2D eigenvalue weighted by Crippen LogP contribution is 2.19. The summed E-state index contributed by atoms with van der Waals surface area (Å²) in [7, 11) is 0. The molecule has 3 aromatic rings. The number of nitriles is 1. The first-order chi connectivity index (χ1) is 12.7. The topological polar surface area (TPSA) is 55.0 Å². The van der Waals surface area contributed by atoms with Crippen LogP contribution in [-0.4, -0.2) is 17.1 Å². The van der Waals surface area contributed by atoms with Crippen LogP contribution >= 0.6 is 0 Å². The molecule has 0 bridgehead atoms. The number of aromatic nitrogens is 1. The molecular weight excluding hydrogens is 324 g/mol. The zero-order valence-electron chi connectivity index (χ0n) is 14.7. The summed E-state index contributed by atoms with van der Waals surface area (Å²) < 4.78 is 7.18. The minimum absolute atomic E-state index is 0.303.